The highest BCUT2D eigenvalue weighted by Gasteiger charge is 2.28. The van der Waals surface area contributed by atoms with Gasteiger partial charge in [0.2, 0.25) is 5.13 Å². The van der Waals surface area contributed by atoms with Gasteiger partial charge < -0.3 is 15.0 Å². The number of hydrogen-bond donors (Lipinski definition) is 1. The Labute approximate surface area is 122 Å². The molecule has 7 heteroatoms. The molecule has 0 spiro atoms. The Hall–Kier alpha value is -1.73. The molecule has 0 saturated carbocycles. The van der Waals surface area contributed by atoms with Crippen LogP contribution in [0.5, 0.6) is 0 Å². The summed E-state index contributed by atoms with van der Waals surface area (Å²) in [5, 5.41) is 4.30. The van der Waals surface area contributed by atoms with Crippen LogP contribution in [0.25, 0.3) is 0 Å². The first-order valence-corrected chi connectivity index (χ1v) is 7.36. The molecule has 20 heavy (non-hydrogen) atoms. The van der Waals surface area contributed by atoms with E-state index in [0.717, 1.165) is 36.3 Å². The Bertz CT molecular complexity index is 541. The number of aromatic nitrogens is 3. The van der Waals surface area contributed by atoms with Gasteiger partial charge in [-0.25, -0.2) is 9.97 Å². The molecular formula is C13H17N5OS. The van der Waals surface area contributed by atoms with Crippen molar-refractivity contribution in [2.24, 2.45) is 0 Å². The SMILES string of the molecule is COCCc1nsc(NC2CN(c3ccccn3)C2)n1. The topological polar surface area (TPSA) is 63.2 Å². The van der Waals surface area contributed by atoms with E-state index in [1.807, 2.05) is 24.4 Å². The number of pyridine rings is 1. The van der Waals surface area contributed by atoms with Crippen LogP contribution in [-0.2, 0) is 11.2 Å². The number of hydrogen-bond acceptors (Lipinski definition) is 7. The van der Waals surface area contributed by atoms with Crippen molar-refractivity contribution >= 4 is 22.5 Å². The summed E-state index contributed by atoms with van der Waals surface area (Å²) in [7, 11) is 1.69. The van der Waals surface area contributed by atoms with Crippen molar-refractivity contribution in [3.63, 3.8) is 0 Å². The molecule has 0 unspecified atom stereocenters. The molecule has 1 aliphatic rings. The summed E-state index contributed by atoms with van der Waals surface area (Å²) in [6.07, 6.45) is 2.59. The van der Waals surface area contributed by atoms with E-state index in [0.29, 0.717) is 12.6 Å². The Kier molecular flexibility index (Phi) is 4.08. The van der Waals surface area contributed by atoms with Crippen LogP contribution in [0.3, 0.4) is 0 Å². The van der Waals surface area contributed by atoms with Gasteiger partial charge in [0.15, 0.2) is 0 Å². The molecule has 2 aromatic rings. The summed E-state index contributed by atoms with van der Waals surface area (Å²) in [4.78, 5) is 11.0. The maximum absolute atomic E-state index is 5.02. The van der Waals surface area contributed by atoms with Crippen LogP contribution in [0.2, 0.25) is 0 Å². The summed E-state index contributed by atoms with van der Waals surface area (Å²) < 4.78 is 9.33. The van der Waals surface area contributed by atoms with Gasteiger partial charge in [0.25, 0.3) is 0 Å². The highest BCUT2D eigenvalue weighted by atomic mass is 32.1. The van der Waals surface area contributed by atoms with Crippen LogP contribution < -0.4 is 10.2 Å². The zero-order chi connectivity index (χ0) is 13.8. The first kappa shape index (κ1) is 13.3. The first-order chi connectivity index (χ1) is 9.85. The number of ether oxygens (including phenoxy) is 1. The lowest BCUT2D eigenvalue weighted by Crippen LogP contribution is -2.55. The predicted molar refractivity (Wildman–Crippen MR) is 79.3 cm³/mol. The third kappa shape index (κ3) is 3.05. The zero-order valence-corrected chi connectivity index (χ0v) is 12.1. The summed E-state index contributed by atoms with van der Waals surface area (Å²) in [5.74, 6) is 1.88. The lowest BCUT2D eigenvalue weighted by atomic mass is 10.1. The Morgan fingerprint density at radius 1 is 1.45 bits per heavy atom. The fourth-order valence-corrected chi connectivity index (χ4v) is 2.77. The average molecular weight is 291 g/mol. The smallest absolute Gasteiger partial charge is 0.202 e. The standard InChI is InChI=1S/C13H17N5OS/c1-19-7-5-11-16-13(20-17-11)15-10-8-18(9-10)12-4-2-3-6-14-12/h2-4,6,10H,5,7-9H2,1H3,(H,15,16,17). The second-order valence-corrected chi connectivity index (χ2v) is 5.44. The van der Waals surface area contributed by atoms with E-state index in [9.17, 15) is 0 Å². The number of methoxy groups -OCH3 is 1. The average Bonchev–Trinajstić information content (AvgIpc) is 2.89. The van der Waals surface area contributed by atoms with Crippen LogP contribution in [-0.4, -0.2) is 47.2 Å². The number of nitrogens with one attached hydrogen (secondary N) is 1. The molecule has 1 saturated heterocycles. The van der Waals surface area contributed by atoms with Gasteiger partial charge in [-0.3, -0.25) is 0 Å². The second kappa shape index (κ2) is 6.15. The fourth-order valence-electron chi connectivity index (χ4n) is 2.08. The van der Waals surface area contributed by atoms with E-state index in [1.54, 1.807) is 7.11 Å². The Morgan fingerprint density at radius 2 is 2.35 bits per heavy atom. The molecule has 0 radical (unpaired) electrons. The Morgan fingerprint density at radius 3 is 3.10 bits per heavy atom. The highest BCUT2D eigenvalue weighted by molar-refractivity contribution is 7.09. The van der Waals surface area contributed by atoms with Gasteiger partial charge in [-0.15, -0.1) is 0 Å². The molecule has 0 aliphatic carbocycles. The third-order valence-corrected chi connectivity index (χ3v) is 3.86. The van der Waals surface area contributed by atoms with Gasteiger partial charge >= 0.3 is 0 Å². The van der Waals surface area contributed by atoms with Crippen molar-refractivity contribution in [1.82, 2.24) is 14.3 Å². The maximum atomic E-state index is 5.02. The monoisotopic (exact) mass is 291 g/mol. The molecule has 0 bridgehead atoms. The van der Waals surface area contributed by atoms with E-state index in [4.69, 9.17) is 4.74 Å². The molecule has 3 heterocycles. The molecule has 0 aromatic carbocycles. The normalized spacial score (nSPS) is 15.2. The third-order valence-electron chi connectivity index (χ3n) is 3.18. The second-order valence-electron chi connectivity index (χ2n) is 4.69. The molecule has 3 rings (SSSR count). The van der Waals surface area contributed by atoms with E-state index in [1.165, 1.54) is 11.5 Å². The van der Waals surface area contributed by atoms with Gasteiger partial charge in [0.1, 0.15) is 11.6 Å². The van der Waals surface area contributed by atoms with Crippen molar-refractivity contribution in [3.8, 4) is 0 Å². The van der Waals surface area contributed by atoms with Gasteiger partial charge in [-0.1, -0.05) is 6.07 Å². The quantitative estimate of drug-likeness (QED) is 0.868. The Balaban J connectivity index is 1.48. The lowest BCUT2D eigenvalue weighted by molar-refractivity contribution is 0.201. The van der Waals surface area contributed by atoms with Gasteiger partial charge in [-0.2, -0.15) is 4.37 Å². The van der Waals surface area contributed by atoms with Crippen molar-refractivity contribution in [2.45, 2.75) is 12.5 Å². The molecular weight excluding hydrogens is 274 g/mol. The van der Waals surface area contributed by atoms with Crippen LogP contribution in [0.15, 0.2) is 24.4 Å². The van der Waals surface area contributed by atoms with Crippen molar-refractivity contribution in [2.75, 3.05) is 37.0 Å². The minimum absolute atomic E-state index is 0.417. The predicted octanol–water partition coefficient (Wildman–Crippen LogP) is 1.42. The van der Waals surface area contributed by atoms with Crippen molar-refractivity contribution < 1.29 is 4.74 Å². The van der Waals surface area contributed by atoms with E-state index in [2.05, 4.69) is 24.6 Å². The van der Waals surface area contributed by atoms with E-state index < -0.39 is 0 Å². The molecule has 0 amide bonds. The maximum Gasteiger partial charge on any atom is 0.202 e. The van der Waals surface area contributed by atoms with Gasteiger partial charge in [0, 0.05) is 44.3 Å². The first-order valence-electron chi connectivity index (χ1n) is 6.59. The molecule has 0 atom stereocenters. The van der Waals surface area contributed by atoms with Crippen molar-refractivity contribution in [3.05, 3.63) is 30.2 Å². The summed E-state index contributed by atoms with van der Waals surface area (Å²) in [5.41, 5.74) is 0. The minimum atomic E-state index is 0.417. The molecule has 106 valence electrons. The van der Waals surface area contributed by atoms with E-state index in [-0.39, 0.29) is 0 Å². The van der Waals surface area contributed by atoms with Crippen molar-refractivity contribution in [1.29, 1.82) is 0 Å². The van der Waals surface area contributed by atoms with Crippen LogP contribution in [0.4, 0.5) is 10.9 Å². The summed E-state index contributed by atoms with van der Waals surface area (Å²) in [6, 6.07) is 6.39. The number of rotatable bonds is 6. The number of nitrogens with zero attached hydrogens (tertiary/aromatic N) is 4. The van der Waals surface area contributed by atoms with E-state index >= 15 is 0 Å². The summed E-state index contributed by atoms with van der Waals surface area (Å²) >= 11 is 1.41. The summed E-state index contributed by atoms with van der Waals surface area (Å²) in [6.45, 7) is 2.56. The van der Waals surface area contributed by atoms with Crippen LogP contribution in [0, 0.1) is 0 Å². The fraction of sp³-hybridized carbons (Fsp3) is 0.462. The molecule has 6 nitrogen and oxygen atoms in total. The molecule has 1 N–H and O–H groups in total. The molecule has 2 aromatic heterocycles. The van der Waals surface area contributed by atoms with Gasteiger partial charge in [0.05, 0.1) is 12.6 Å². The zero-order valence-electron chi connectivity index (χ0n) is 11.3. The molecule has 1 aliphatic heterocycles. The highest BCUT2D eigenvalue weighted by Crippen LogP contribution is 2.21. The van der Waals surface area contributed by atoms with Crippen LogP contribution >= 0.6 is 11.5 Å². The largest absolute Gasteiger partial charge is 0.384 e. The number of anilines is 2. The minimum Gasteiger partial charge on any atom is -0.384 e. The van der Waals surface area contributed by atoms with Gasteiger partial charge in [-0.05, 0) is 12.1 Å². The molecule has 1 fully saturated rings. The van der Waals surface area contributed by atoms with Crippen LogP contribution in [0.1, 0.15) is 5.82 Å². The lowest BCUT2D eigenvalue weighted by Gasteiger charge is -2.40.